The number of hydrogen-bond acceptors (Lipinski definition) is 2. The van der Waals surface area contributed by atoms with Crippen LogP contribution < -0.4 is 5.32 Å². The minimum Gasteiger partial charge on any atom is -0.367 e. The van der Waals surface area contributed by atoms with Gasteiger partial charge in [-0.1, -0.05) is 28.9 Å². The largest absolute Gasteiger partial charge is 0.433 e. The van der Waals surface area contributed by atoms with Crippen molar-refractivity contribution in [3.05, 3.63) is 23.9 Å². The molecule has 1 aromatic heterocycles. The van der Waals surface area contributed by atoms with Gasteiger partial charge >= 0.3 is 6.18 Å². The Balaban J connectivity index is 2.79. The van der Waals surface area contributed by atoms with Crippen molar-refractivity contribution < 1.29 is 13.2 Å². The van der Waals surface area contributed by atoms with E-state index in [9.17, 15) is 13.2 Å². The van der Waals surface area contributed by atoms with Crippen LogP contribution in [-0.4, -0.2) is 16.4 Å². The van der Waals surface area contributed by atoms with E-state index in [1.807, 2.05) is 13.8 Å². The summed E-state index contributed by atoms with van der Waals surface area (Å²) in [5.74, 6) is 0.548. The van der Waals surface area contributed by atoms with Crippen LogP contribution in [0.3, 0.4) is 0 Å². The Kier molecular flexibility index (Phi) is 4.80. The van der Waals surface area contributed by atoms with Crippen molar-refractivity contribution in [2.24, 2.45) is 5.92 Å². The first-order valence-corrected chi connectivity index (χ1v) is 6.33. The highest BCUT2D eigenvalue weighted by molar-refractivity contribution is 9.09. The number of pyridine rings is 1. The summed E-state index contributed by atoms with van der Waals surface area (Å²) >= 11 is 3.33. The van der Waals surface area contributed by atoms with Crippen molar-refractivity contribution in [3.8, 4) is 0 Å². The number of nitrogens with one attached hydrogen (secondary N) is 1. The molecule has 0 bridgehead atoms. The van der Waals surface area contributed by atoms with Gasteiger partial charge in [-0.3, -0.25) is 0 Å². The highest BCUT2D eigenvalue weighted by Gasteiger charge is 2.32. The number of rotatable bonds is 4. The molecule has 2 atom stereocenters. The number of aromatic nitrogens is 1. The highest BCUT2D eigenvalue weighted by Crippen LogP contribution is 2.28. The summed E-state index contributed by atoms with van der Waals surface area (Å²) in [7, 11) is 0. The normalized spacial score (nSPS) is 15.4. The van der Waals surface area contributed by atoms with Gasteiger partial charge < -0.3 is 5.32 Å². The van der Waals surface area contributed by atoms with Crippen LogP contribution in [0.2, 0.25) is 0 Å². The van der Waals surface area contributed by atoms with Crippen molar-refractivity contribution in [1.29, 1.82) is 0 Å². The minimum absolute atomic E-state index is 0.0466. The molecular formula is C11H14BrF3N2. The third kappa shape index (κ3) is 4.18. The molecule has 0 aromatic carbocycles. The summed E-state index contributed by atoms with van der Waals surface area (Å²) in [5.41, 5.74) is -0.874. The summed E-state index contributed by atoms with van der Waals surface area (Å²) in [6, 6.07) is 3.89. The fourth-order valence-electron chi connectivity index (χ4n) is 1.18. The van der Waals surface area contributed by atoms with Gasteiger partial charge in [0.15, 0.2) is 0 Å². The van der Waals surface area contributed by atoms with Gasteiger partial charge in [0.1, 0.15) is 11.5 Å². The standard InChI is InChI=1S/C11H14BrF3N2/c1-7(6-12)8(2)16-10-5-3-4-9(17-10)11(13,14)15/h3-5,7-8H,6H2,1-2H3,(H,16,17). The van der Waals surface area contributed by atoms with E-state index in [1.165, 1.54) is 12.1 Å². The van der Waals surface area contributed by atoms with Crippen molar-refractivity contribution in [2.75, 3.05) is 10.6 Å². The molecule has 96 valence electrons. The van der Waals surface area contributed by atoms with Crippen LogP contribution in [0.4, 0.5) is 19.0 Å². The summed E-state index contributed by atoms with van der Waals surface area (Å²) in [4.78, 5) is 3.55. The molecule has 1 N–H and O–H groups in total. The van der Waals surface area contributed by atoms with Gasteiger partial charge in [-0.25, -0.2) is 4.98 Å². The Bertz CT molecular complexity index is 368. The molecule has 2 nitrogen and oxygen atoms in total. The lowest BCUT2D eigenvalue weighted by Crippen LogP contribution is -2.25. The quantitative estimate of drug-likeness (QED) is 0.852. The number of nitrogens with zero attached hydrogens (tertiary/aromatic N) is 1. The minimum atomic E-state index is -4.40. The van der Waals surface area contributed by atoms with Crippen LogP contribution in [0.25, 0.3) is 0 Å². The molecule has 0 spiro atoms. The number of halogens is 4. The molecule has 1 aromatic rings. The van der Waals surface area contributed by atoms with E-state index in [-0.39, 0.29) is 11.9 Å². The molecular weight excluding hydrogens is 297 g/mol. The van der Waals surface area contributed by atoms with Crippen LogP contribution in [0.15, 0.2) is 18.2 Å². The van der Waals surface area contributed by atoms with Gasteiger partial charge in [0, 0.05) is 11.4 Å². The second-order valence-corrected chi connectivity index (χ2v) is 4.62. The third-order valence-electron chi connectivity index (χ3n) is 2.51. The molecule has 0 aliphatic rings. The van der Waals surface area contributed by atoms with E-state index in [4.69, 9.17) is 0 Å². The summed E-state index contributed by atoms with van der Waals surface area (Å²) in [6.07, 6.45) is -4.40. The molecule has 0 radical (unpaired) electrons. The maximum absolute atomic E-state index is 12.4. The molecule has 2 unspecified atom stereocenters. The van der Waals surface area contributed by atoms with Crippen molar-refractivity contribution in [1.82, 2.24) is 4.98 Å². The summed E-state index contributed by atoms with van der Waals surface area (Å²) in [6.45, 7) is 3.91. The molecule has 6 heteroatoms. The van der Waals surface area contributed by atoms with Crippen LogP contribution in [0.1, 0.15) is 19.5 Å². The van der Waals surface area contributed by atoms with Gasteiger partial charge in [0.05, 0.1) is 0 Å². The van der Waals surface area contributed by atoms with E-state index >= 15 is 0 Å². The third-order valence-corrected chi connectivity index (χ3v) is 3.53. The van der Waals surface area contributed by atoms with Crippen LogP contribution >= 0.6 is 15.9 Å². The number of anilines is 1. The Hall–Kier alpha value is -0.780. The van der Waals surface area contributed by atoms with Crippen LogP contribution in [0, 0.1) is 5.92 Å². The molecule has 0 aliphatic carbocycles. The molecule has 0 amide bonds. The Morgan fingerprint density at radius 1 is 1.35 bits per heavy atom. The molecule has 17 heavy (non-hydrogen) atoms. The zero-order chi connectivity index (χ0) is 13.1. The van der Waals surface area contributed by atoms with E-state index in [0.717, 1.165) is 11.4 Å². The molecule has 0 saturated heterocycles. The fraction of sp³-hybridized carbons (Fsp3) is 0.545. The second kappa shape index (κ2) is 5.71. The van der Waals surface area contributed by atoms with Crippen LogP contribution in [-0.2, 0) is 6.18 Å². The monoisotopic (exact) mass is 310 g/mol. The maximum atomic E-state index is 12.4. The summed E-state index contributed by atoms with van der Waals surface area (Å²) < 4.78 is 37.3. The molecule has 0 saturated carbocycles. The van der Waals surface area contributed by atoms with Gasteiger partial charge in [0.2, 0.25) is 0 Å². The Labute approximate surface area is 107 Å². The van der Waals surface area contributed by atoms with Crippen molar-refractivity contribution in [3.63, 3.8) is 0 Å². The topological polar surface area (TPSA) is 24.9 Å². The maximum Gasteiger partial charge on any atom is 0.433 e. The van der Waals surface area contributed by atoms with E-state index < -0.39 is 11.9 Å². The molecule has 1 heterocycles. The first kappa shape index (κ1) is 14.3. The zero-order valence-electron chi connectivity index (χ0n) is 9.55. The smallest absolute Gasteiger partial charge is 0.367 e. The lowest BCUT2D eigenvalue weighted by atomic mass is 10.1. The van der Waals surface area contributed by atoms with Gasteiger partial charge in [-0.05, 0) is 25.0 Å². The molecule has 0 aliphatic heterocycles. The molecule has 1 rings (SSSR count). The lowest BCUT2D eigenvalue weighted by Gasteiger charge is -2.20. The summed E-state index contributed by atoms with van der Waals surface area (Å²) in [5, 5.41) is 3.74. The second-order valence-electron chi connectivity index (χ2n) is 3.97. The highest BCUT2D eigenvalue weighted by atomic mass is 79.9. The lowest BCUT2D eigenvalue weighted by molar-refractivity contribution is -0.141. The van der Waals surface area contributed by atoms with Gasteiger partial charge in [0.25, 0.3) is 0 Å². The average Bonchev–Trinajstić information content (AvgIpc) is 2.27. The number of hydrogen-bond donors (Lipinski definition) is 1. The first-order valence-electron chi connectivity index (χ1n) is 5.21. The fourth-order valence-corrected chi connectivity index (χ4v) is 1.74. The predicted molar refractivity (Wildman–Crippen MR) is 65.3 cm³/mol. The Morgan fingerprint density at radius 3 is 2.53 bits per heavy atom. The van der Waals surface area contributed by atoms with E-state index in [2.05, 4.69) is 26.2 Å². The van der Waals surface area contributed by atoms with Gasteiger partial charge in [-0.15, -0.1) is 0 Å². The van der Waals surface area contributed by atoms with Crippen molar-refractivity contribution in [2.45, 2.75) is 26.1 Å². The SMILES string of the molecule is CC(CBr)C(C)Nc1cccc(C(F)(F)F)n1. The van der Waals surface area contributed by atoms with Crippen molar-refractivity contribution >= 4 is 21.7 Å². The number of alkyl halides is 4. The average molecular weight is 311 g/mol. The van der Waals surface area contributed by atoms with Crippen LogP contribution in [0.5, 0.6) is 0 Å². The van der Waals surface area contributed by atoms with E-state index in [1.54, 1.807) is 0 Å². The van der Waals surface area contributed by atoms with E-state index in [0.29, 0.717) is 5.92 Å². The van der Waals surface area contributed by atoms with Gasteiger partial charge in [-0.2, -0.15) is 13.2 Å². The zero-order valence-corrected chi connectivity index (χ0v) is 11.1. The Morgan fingerprint density at radius 2 is 2.00 bits per heavy atom. The predicted octanol–water partition coefficient (Wildman–Crippen LogP) is 3.93. The first-order chi connectivity index (χ1) is 7.84. The molecule has 0 fully saturated rings.